The topological polar surface area (TPSA) is 118 Å². The molecule has 5 N–H and O–H groups in total. The number of benzene rings is 1. The molecule has 9 nitrogen and oxygen atoms in total. The van der Waals surface area contributed by atoms with E-state index in [9.17, 15) is 9.59 Å². The smallest absolute Gasteiger partial charge is 0.323 e. The van der Waals surface area contributed by atoms with E-state index in [0.717, 1.165) is 24.5 Å². The summed E-state index contributed by atoms with van der Waals surface area (Å²) in [5.74, 6) is 0.249. The first-order valence-electron chi connectivity index (χ1n) is 9.08. The predicted molar refractivity (Wildman–Crippen MR) is 105 cm³/mol. The van der Waals surface area contributed by atoms with E-state index < -0.39 is 11.9 Å². The molecule has 9 heteroatoms. The quantitative estimate of drug-likeness (QED) is 0.561. The van der Waals surface area contributed by atoms with Crippen molar-refractivity contribution in [3.63, 3.8) is 0 Å². The number of carbonyl (C=O) groups is 2. The maximum absolute atomic E-state index is 12.4. The van der Waals surface area contributed by atoms with E-state index in [1.807, 2.05) is 31.2 Å². The summed E-state index contributed by atoms with van der Waals surface area (Å²) >= 11 is 0. The molecule has 3 amide bonds. The van der Waals surface area contributed by atoms with Gasteiger partial charge in [0.25, 0.3) is 5.91 Å². The van der Waals surface area contributed by atoms with Crippen LogP contribution in [0.2, 0.25) is 0 Å². The summed E-state index contributed by atoms with van der Waals surface area (Å²) in [6.45, 7) is 8.66. The van der Waals surface area contributed by atoms with Gasteiger partial charge >= 0.3 is 6.03 Å². The molecule has 0 saturated carbocycles. The molecule has 1 saturated heterocycles. The summed E-state index contributed by atoms with van der Waals surface area (Å²) in [5.41, 5.74) is 7.09. The summed E-state index contributed by atoms with van der Waals surface area (Å²) in [4.78, 5) is 26.2. The first-order chi connectivity index (χ1) is 13.5. The number of nitrogens with zero attached hydrogens (tertiary/aromatic N) is 1. The van der Waals surface area contributed by atoms with E-state index in [2.05, 4.69) is 27.4 Å². The van der Waals surface area contributed by atoms with Crippen molar-refractivity contribution in [3.8, 4) is 5.75 Å². The second-order valence-corrected chi connectivity index (χ2v) is 6.60. The number of anilines is 1. The Bertz CT molecular complexity index is 801. The van der Waals surface area contributed by atoms with Crippen LogP contribution in [0.15, 0.2) is 47.9 Å². The molecular formula is C19H25N5O4. The number of rotatable bonds is 6. The van der Waals surface area contributed by atoms with Crippen molar-refractivity contribution in [2.24, 2.45) is 5.73 Å². The SMILES string of the molecule is C=C1NC(=O)NC(C(=O)N[C@H](C)COc2ccccc2N2CCOCC2)=C1N. The Kier molecular flexibility index (Phi) is 6.05. The van der Waals surface area contributed by atoms with Crippen LogP contribution < -0.4 is 31.3 Å². The number of hydrogen-bond donors (Lipinski definition) is 4. The van der Waals surface area contributed by atoms with Gasteiger partial charge in [-0.05, 0) is 19.1 Å². The van der Waals surface area contributed by atoms with Crippen molar-refractivity contribution in [1.82, 2.24) is 16.0 Å². The van der Waals surface area contributed by atoms with Gasteiger partial charge in [-0.3, -0.25) is 4.79 Å². The van der Waals surface area contributed by atoms with E-state index in [4.69, 9.17) is 15.2 Å². The summed E-state index contributed by atoms with van der Waals surface area (Å²) in [7, 11) is 0. The molecule has 28 heavy (non-hydrogen) atoms. The standard InChI is InChI=1S/C19H25N5O4/c1-12(21-18(25)17-16(20)13(2)22-19(26)23-17)11-28-15-6-4-3-5-14(15)24-7-9-27-10-8-24/h3-6,12H,2,7-11,20H2,1H3,(H,21,25)(H2,22,23,26)/t12-/m1/s1. The molecule has 1 atom stereocenters. The van der Waals surface area contributed by atoms with Crippen molar-refractivity contribution >= 4 is 17.6 Å². The van der Waals surface area contributed by atoms with Gasteiger partial charge in [-0.2, -0.15) is 0 Å². The molecule has 2 aliphatic rings. The Balaban J connectivity index is 1.60. The summed E-state index contributed by atoms with van der Waals surface area (Å²) in [6.07, 6.45) is 0. The second kappa shape index (κ2) is 8.66. The lowest BCUT2D eigenvalue weighted by molar-refractivity contribution is -0.118. The largest absolute Gasteiger partial charge is 0.489 e. The van der Waals surface area contributed by atoms with Crippen molar-refractivity contribution in [2.75, 3.05) is 37.8 Å². The Morgan fingerprint density at radius 1 is 1.36 bits per heavy atom. The third kappa shape index (κ3) is 4.55. The number of hydrogen-bond acceptors (Lipinski definition) is 6. The lowest BCUT2D eigenvalue weighted by Crippen LogP contribution is -2.49. The van der Waals surface area contributed by atoms with Gasteiger partial charge in [-0.1, -0.05) is 18.7 Å². The predicted octanol–water partition coefficient (Wildman–Crippen LogP) is 0.404. The van der Waals surface area contributed by atoms with Crippen molar-refractivity contribution in [2.45, 2.75) is 13.0 Å². The molecule has 2 heterocycles. The Hall–Kier alpha value is -3.20. The van der Waals surface area contributed by atoms with Crippen molar-refractivity contribution in [3.05, 3.63) is 47.9 Å². The number of carbonyl (C=O) groups excluding carboxylic acids is 2. The minimum absolute atomic E-state index is 0.0192. The van der Waals surface area contributed by atoms with Crippen LogP contribution in [0, 0.1) is 0 Å². The molecule has 150 valence electrons. The van der Waals surface area contributed by atoms with Gasteiger partial charge in [0.15, 0.2) is 0 Å². The number of nitrogens with two attached hydrogens (primary N) is 1. The number of ether oxygens (including phenoxy) is 2. The molecule has 2 aliphatic heterocycles. The van der Waals surface area contributed by atoms with Crippen LogP contribution in [0.4, 0.5) is 10.5 Å². The molecule has 1 fully saturated rings. The van der Waals surface area contributed by atoms with E-state index in [1.165, 1.54) is 0 Å². The molecule has 0 radical (unpaired) electrons. The van der Waals surface area contributed by atoms with Crippen LogP contribution in [-0.2, 0) is 9.53 Å². The van der Waals surface area contributed by atoms with Crippen LogP contribution in [-0.4, -0.2) is 50.9 Å². The molecule has 0 aromatic heterocycles. The van der Waals surface area contributed by atoms with Gasteiger partial charge in [0, 0.05) is 13.1 Å². The molecule has 0 unspecified atom stereocenters. The monoisotopic (exact) mass is 387 g/mol. The minimum Gasteiger partial charge on any atom is -0.489 e. The fraction of sp³-hybridized carbons (Fsp3) is 0.368. The highest BCUT2D eigenvalue weighted by atomic mass is 16.5. The number of amides is 3. The third-order valence-corrected chi connectivity index (χ3v) is 4.41. The third-order valence-electron chi connectivity index (χ3n) is 4.41. The molecule has 0 bridgehead atoms. The van der Waals surface area contributed by atoms with Gasteiger partial charge in [-0.25, -0.2) is 4.79 Å². The summed E-state index contributed by atoms with van der Waals surface area (Å²) in [6, 6.07) is 6.91. The minimum atomic E-state index is -0.548. The average molecular weight is 387 g/mol. The van der Waals surface area contributed by atoms with Crippen molar-refractivity contribution < 1.29 is 19.1 Å². The maximum atomic E-state index is 12.4. The van der Waals surface area contributed by atoms with Gasteiger partial charge < -0.3 is 36.1 Å². The molecule has 3 rings (SSSR count). The highest BCUT2D eigenvalue weighted by Gasteiger charge is 2.25. The molecule has 1 aromatic carbocycles. The van der Waals surface area contributed by atoms with Crippen LogP contribution in [0.1, 0.15) is 6.92 Å². The van der Waals surface area contributed by atoms with Gasteiger partial charge in [-0.15, -0.1) is 0 Å². The lowest BCUT2D eigenvalue weighted by Gasteiger charge is -2.30. The summed E-state index contributed by atoms with van der Waals surface area (Å²) in [5, 5.41) is 7.58. The number of morpholine rings is 1. The second-order valence-electron chi connectivity index (χ2n) is 6.60. The van der Waals surface area contributed by atoms with E-state index in [-0.39, 0.29) is 29.7 Å². The van der Waals surface area contributed by atoms with Crippen LogP contribution in [0.3, 0.4) is 0 Å². The fourth-order valence-corrected chi connectivity index (χ4v) is 2.94. The zero-order chi connectivity index (χ0) is 20.1. The average Bonchev–Trinajstić information content (AvgIpc) is 2.70. The normalized spacial score (nSPS) is 18.2. The maximum Gasteiger partial charge on any atom is 0.323 e. The van der Waals surface area contributed by atoms with Crippen LogP contribution in [0.5, 0.6) is 5.75 Å². The fourth-order valence-electron chi connectivity index (χ4n) is 2.94. The van der Waals surface area contributed by atoms with Gasteiger partial charge in [0.1, 0.15) is 18.1 Å². The van der Waals surface area contributed by atoms with Crippen LogP contribution >= 0.6 is 0 Å². The highest BCUT2D eigenvalue weighted by molar-refractivity contribution is 6.00. The molecular weight excluding hydrogens is 362 g/mol. The Labute approximate surface area is 163 Å². The number of nitrogens with one attached hydrogen (secondary N) is 3. The Morgan fingerprint density at radius 2 is 2.07 bits per heavy atom. The van der Waals surface area contributed by atoms with E-state index in [0.29, 0.717) is 13.2 Å². The highest BCUT2D eigenvalue weighted by Crippen LogP contribution is 2.28. The molecule has 0 aliphatic carbocycles. The number of urea groups is 1. The van der Waals surface area contributed by atoms with E-state index in [1.54, 1.807) is 0 Å². The lowest BCUT2D eigenvalue weighted by atomic mass is 10.2. The number of para-hydroxylation sites is 2. The Morgan fingerprint density at radius 3 is 2.82 bits per heavy atom. The first-order valence-corrected chi connectivity index (χ1v) is 9.08. The zero-order valence-corrected chi connectivity index (χ0v) is 15.8. The zero-order valence-electron chi connectivity index (χ0n) is 15.8. The van der Waals surface area contributed by atoms with E-state index >= 15 is 0 Å². The van der Waals surface area contributed by atoms with Gasteiger partial charge in [0.05, 0.1) is 36.3 Å². The first kappa shape index (κ1) is 19.6. The molecule has 1 aromatic rings. The van der Waals surface area contributed by atoms with Crippen molar-refractivity contribution in [1.29, 1.82) is 0 Å². The van der Waals surface area contributed by atoms with Crippen LogP contribution in [0.25, 0.3) is 0 Å². The summed E-state index contributed by atoms with van der Waals surface area (Å²) < 4.78 is 11.3. The van der Waals surface area contributed by atoms with Gasteiger partial charge in [0.2, 0.25) is 0 Å². The molecule has 0 spiro atoms.